The van der Waals surface area contributed by atoms with E-state index in [1.807, 2.05) is 11.3 Å². The fourth-order valence-corrected chi connectivity index (χ4v) is 3.48. The minimum Gasteiger partial charge on any atom is -1.00 e. The summed E-state index contributed by atoms with van der Waals surface area (Å²) in [4.78, 5) is 7.15. The van der Waals surface area contributed by atoms with Crippen molar-refractivity contribution < 1.29 is 16.8 Å². The van der Waals surface area contributed by atoms with Gasteiger partial charge in [-0.25, -0.2) is 0 Å². The van der Waals surface area contributed by atoms with Gasteiger partial charge in [0.2, 0.25) is 0 Å². The van der Waals surface area contributed by atoms with Gasteiger partial charge in [0, 0.05) is 18.4 Å². The molecule has 17 heavy (non-hydrogen) atoms. The Hall–Kier alpha value is -0.670. The number of aryl methyl sites for hydroxylation is 3. The van der Waals surface area contributed by atoms with Crippen LogP contribution in [0.15, 0.2) is 6.07 Å². The first-order valence-electron chi connectivity index (χ1n) is 5.60. The average Bonchev–Trinajstić information content (AvgIpc) is 2.41. The Morgan fingerprint density at radius 2 is 1.76 bits per heavy atom. The third-order valence-corrected chi connectivity index (χ3v) is 4.34. The number of halogens is 1. The van der Waals surface area contributed by atoms with E-state index >= 15 is 0 Å². The third kappa shape index (κ3) is 2.45. The van der Waals surface area contributed by atoms with E-state index in [9.17, 15) is 0 Å². The maximum absolute atomic E-state index is 4.61. The molecule has 0 radical (unpaired) electrons. The number of rotatable bonds is 0. The van der Waals surface area contributed by atoms with Crippen molar-refractivity contribution in [2.24, 2.45) is 0 Å². The van der Waals surface area contributed by atoms with Gasteiger partial charge in [-0.1, -0.05) is 20.8 Å². The van der Waals surface area contributed by atoms with Crippen LogP contribution in [0.2, 0.25) is 0 Å². The first-order valence-corrected chi connectivity index (χ1v) is 6.42. The van der Waals surface area contributed by atoms with Crippen molar-refractivity contribution in [2.45, 2.75) is 47.0 Å². The van der Waals surface area contributed by atoms with Crippen LogP contribution >= 0.6 is 11.3 Å². The zero-order valence-corrected chi connectivity index (χ0v) is 12.8. The van der Waals surface area contributed by atoms with Crippen LogP contribution in [-0.4, -0.2) is 4.98 Å². The summed E-state index contributed by atoms with van der Waals surface area (Å²) in [6, 6.07) is 2.14. The van der Waals surface area contributed by atoms with Gasteiger partial charge >= 0.3 is 4.96 Å². The van der Waals surface area contributed by atoms with E-state index < -0.39 is 0 Å². The molecule has 0 aliphatic heterocycles. The lowest BCUT2D eigenvalue weighted by molar-refractivity contribution is -0.526. The van der Waals surface area contributed by atoms with E-state index in [2.05, 4.69) is 57.0 Å². The van der Waals surface area contributed by atoms with Gasteiger partial charge < -0.3 is 12.4 Å². The summed E-state index contributed by atoms with van der Waals surface area (Å²) in [6.45, 7) is 13.2. The lowest BCUT2D eigenvalue weighted by atomic mass is 9.93. The molecule has 4 heteroatoms. The van der Waals surface area contributed by atoms with Crippen LogP contribution in [0.5, 0.6) is 0 Å². The van der Waals surface area contributed by atoms with Crippen LogP contribution in [0, 0.1) is 20.8 Å². The molecule has 0 spiro atoms. The molecule has 2 aromatic heterocycles. The Morgan fingerprint density at radius 1 is 1.18 bits per heavy atom. The van der Waals surface area contributed by atoms with Crippen molar-refractivity contribution in [2.75, 3.05) is 0 Å². The fraction of sp³-hybridized carbons (Fsp3) is 0.538. The monoisotopic (exact) mass is 270 g/mol. The molecule has 2 rings (SSSR count). The summed E-state index contributed by atoms with van der Waals surface area (Å²) in [5, 5.41) is 0. The quantitative estimate of drug-likeness (QED) is 0.621. The molecule has 0 aliphatic rings. The molecular weight excluding hydrogens is 252 g/mol. The van der Waals surface area contributed by atoms with Crippen molar-refractivity contribution in [1.82, 2.24) is 4.98 Å². The van der Waals surface area contributed by atoms with Gasteiger partial charge in [-0.15, -0.1) is 0 Å². The second-order valence-electron chi connectivity index (χ2n) is 5.42. The molecule has 0 atom stereocenters. The second-order valence-corrected chi connectivity index (χ2v) is 6.40. The third-order valence-electron chi connectivity index (χ3n) is 2.77. The van der Waals surface area contributed by atoms with Crippen LogP contribution in [-0.2, 0) is 5.41 Å². The Kier molecular flexibility index (Phi) is 3.84. The molecule has 0 amide bonds. The summed E-state index contributed by atoms with van der Waals surface area (Å²) in [7, 11) is 0. The molecule has 0 unspecified atom stereocenters. The van der Waals surface area contributed by atoms with Crippen LogP contribution in [0.3, 0.4) is 0 Å². The van der Waals surface area contributed by atoms with Gasteiger partial charge in [-0.2, -0.15) is 4.40 Å². The lowest BCUT2D eigenvalue weighted by Crippen LogP contribution is -3.00. The molecule has 2 aromatic rings. The molecule has 94 valence electrons. The van der Waals surface area contributed by atoms with E-state index in [0.717, 1.165) is 10.7 Å². The molecule has 0 saturated heterocycles. The number of thiazole rings is 1. The molecule has 0 aliphatic carbocycles. The number of nitrogens with zero attached hydrogens (tertiary/aromatic N) is 2. The molecule has 2 nitrogen and oxygen atoms in total. The Morgan fingerprint density at radius 3 is 2.29 bits per heavy atom. The van der Waals surface area contributed by atoms with Crippen molar-refractivity contribution in [3.63, 3.8) is 0 Å². The minimum atomic E-state index is 0. The standard InChI is InChI=1S/C13H19N2S.ClH/c1-8-7-9(2)15-10(3)11(13(4,5)6)16-12(15)14-8;/h7H,1-6H3;1H/q+1;/p-1. The Labute approximate surface area is 113 Å². The molecular formula is C13H19ClN2S. The molecule has 0 aromatic carbocycles. The molecule has 0 N–H and O–H groups in total. The number of hydrogen-bond acceptors (Lipinski definition) is 2. The van der Waals surface area contributed by atoms with Crippen LogP contribution in [0.1, 0.15) is 42.7 Å². The van der Waals surface area contributed by atoms with Crippen LogP contribution in [0.4, 0.5) is 0 Å². The van der Waals surface area contributed by atoms with Crippen LogP contribution in [0.25, 0.3) is 4.96 Å². The Balaban J connectivity index is 0.00000144. The van der Waals surface area contributed by atoms with Crippen molar-refractivity contribution in [1.29, 1.82) is 0 Å². The van der Waals surface area contributed by atoms with Gasteiger partial charge in [0.05, 0.1) is 4.88 Å². The highest BCUT2D eigenvalue weighted by Crippen LogP contribution is 2.30. The molecule has 0 saturated carbocycles. The second kappa shape index (κ2) is 4.54. The fourth-order valence-electron chi connectivity index (χ4n) is 2.19. The number of aromatic nitrogens is 2. The predicted octanol–water partition coefficient (Wildman–Crippen LogP) is 0.109. The molecule has 2 heterocycles. The minimum absolute atomic E-state index is 0. The summed E-state index contributed by atoms with van der Waals surface area (Å²) in [5.41, 5.74) is 3.89. The highest BCUT2D eigenvalue weighted by molar-refractivity contribution is 7.16. The largest absolute Gasteiger partial charge is 1.00 e. The normalized spacial score (nSPS) is 11.6. The first-order chi connectivity index (χ1) is 7.30. The van der Waals surface area contributed by atoms with Gasteiger partial charge in [-0.3, -0.25) is 0 Å². The summed E-state index contributed by atoms with van der Waals surface area (Å²) in [5.74, 6) is 0. The SMILES string of the molecule is Cc1cc(C)[n+]2c(C)c(C(C)(C)C)sc2n1.[Cl-]. The van der Waals surface area contributed by atoms with Gasteiger partial charge in [0.15, 0.2) is 5.69 Å². The van der Waals surface area contributed by atoms with E-state index in [0.29, 0.717) is 0 Å². The number of hydrogen-bond donors (Lipinski definition) is 0. The van der Waals surface area contributed by atoms with E-state index in [1.54, 1.807) is 0 Å². The van der Waals surface area contributed by atoms with E-state index in [1.165, 1.54) is 16.3 Å². The summed E-state index contributed by atoms with van der Waals surface area (Å²) >= 11 is 1.81. The first kappa shape index (κ1) is 14.4. The average molecular weight is 271 g/mol. The Bertz CT molecular complexity index is 553. The van der Waals surface area contributed by atoms with Crippen molar-refractivity contribution >= 4 is 16.3 Å². The zero-order valence-electron chi connectivity index (χ0n) is 11.3. The predicted molar refractivity (Wildman–Crippen MR) is 68.2 cm³/mol. The van der Waals surface area contributed by atoms with Gasteiger partial charge in [-0.05, 0) is 30.2 Å². The van der Waals surface area contributed by atoms with E-state index in [4.69, 9.17) is 0 Å². The highest BCUT2D eigenvalue weighted by Gasteiger charge is 2.26. The number of fused-ring (bicyclic) bond motifs is 1. The highest BCUT2D eigenvalue weighted by atomic mass is 35.5. The molecule has 0 bridgehead atoms. The summed E-state index contributed by atoms with van der Waals surface area (Å²) in [6.07, 6.45) is 0. The van der Waals surface area contributed by atoms with Gasteiger partial charge in [0.1, 0.15) is 11.4 Å². The topological polar surface area (TPSA) is 17.0 Å². The summed E-state index contributed by atoms with van der Waals surface area (Å²) < 4.78 is 2.26. The van der Waals surface area contributed by atoms with Crippen LogP contribution < -0.4 is 16.8 Å². The molecule has 0 fully saturated rings. The smallest absolute Gasteiger partial charge is 0.387 e. The maximum atomic E-state index is 4.61. The lowest BCUT2D eigenvalue weighted by Gasteiger charge is -2.15. The zero-order chi connectivity index (χ0) is 12.1. The van der Waals surface area contributed by atoms with E-state index in [-0.39, 0.29) is 17.8 Å². The van der Waals surface area contributed by atoms with Crippen molar-refractivity contribution in [3.8, 4) is 0 Å². The van der Waals surface area contributed by atoms with Gasteiger partial charge in [0.25, 0.3) is 0 Å². The van der Waals surface area contributed by atoms with Crippen molar-refractivity contribution in [3.05, 3.63) is 28.0 Å². The maximum Gasteiger partial charge on any atom is 0.387 e.